The Morgan fingerprint density at radius 1 is 1.75 bits per heavy atom. The average Bonchev–Trinajstić information content (AvgIpc) is 2.01. The zero-order valence-corrected chi connectivity index (χ0v) is 6.64. The molecule has 1 atom stereocenters. The fourth-order valence-corrected chi connectivity index (χ4v) is 0.602. The molecule has 0 fully saturated rings. The highest BCUT2D eigenvalue weighted by molar-refractivity contribution is 5.80. The van der Waals surface area contributed by atoms with Crippen LogP contribution in [0.15, 0.2) is 5.18 Å². The van der Waals surface area contributed by atoms with Gasteiger partial charge in [0, 0.05) is 4.92 Å². The van der Waals surface area contributed by atoms with E-state index in [0.717, 1.165) is 14.0 Å². The van der Waals surface area contributed by atoms with Crippen LogP contribution in [0.2, 0.25) is 0 Å². The van der Waals surface area contributed by atoms with Gasteiger partial charge in [-0.2, -0.15) is 0 Å². The van der Waals surface area contributed by atoms with Crippen molar-refractivity contribution in [3.05, 3.63) is 15.0 Å². The largest absolute Gasteiger partial charge is 0.467 e. The molecule has 0 saturated heterocycles. The summed E-state index contributed by atoms with van der Waals surface area (Å²) in [5, 5.41) is 12.4. The number of esters is 1. The number of rotatable bonds is 4. The number of hydrogen-bond donors (Lipinski definition) is 0. The first-order chi connectivity index (χ1) is 5.46. The lowest BCUT2D eigenvalue weighted by Crippen LogP contribution is -2.40. The summed E-state index contributed by atoms with van der Waals surface area (Å²) in [5.41, 5.74) is -1.92. The number of ether oxygens (including phenoxy) is 1. The van der Waals surface area contributed by atoms with Crippen LogP contribution in [0.25, 0.3) is 0 Å². The van der Waals surface area contributed by atoms with E-state index in [1.807, 2.05) is 0 Å². The van der Waals surface area contributed by atoms with Crippen LogP contribution in [-0.2, 0) is 9.53 Å². The molecule has 12 heavy (non-hydrogen) atoms. The van der Waals surface area contributed by atoms with Gasteiger partial charge in [0.05, 0.1) is 7.11 Å². The summed E-state index contributed by atoms with van der Waals surface area (Å²) in [4.78, 5) is 30.1. The molecular formula is C5H8N2O5. The molecule has 0 aromatic carbocycles. The second-order valence-corrected chi connectivity index (χ2v) is 2.35. The smallest absolute Gasteiger partial charge is 0.344 e. The van der Waals surface area contributed by atoms with Crippen molar-refractivity contribution in [2.45, 2.75) is 12.5 Å². The van der Waals surface area contributed by atoms with E-state index in [-0.39, 0.29) is 0 Å². The van der Waals surface area contributed by atoms with Crippen molar-refractivity contribution in [1.29, 1.82) is 0 Å². The van der Waals surface area contributed by atoms with Crippen molar-refractivity contribution < 1.29 is 14.5 Å². The van der Waals surface area contributed by atoms with Gasteiger partial charge in [-0.3, -0.25) is 10.1 Å². The van der Waals surface area contributed by atoms with E-state index in [4.69, 9.17) is 0 Å². The minimum absolute atomic E-state index is 0.793. The summed E-state index contributed by atoms with van der Waals surface area (Å²) in [5.74, 6) is -1.01. The maximum Gasteiger partial charge on any atom is 0.344 e. The minimum atomic E-state index is -1.92. The quantitative estimate of drug-likeness (QED) is 0.259. The Morgan fingerprint density at radius 2 is 2.25 bits per heavy atom. The molecule has 7 nitrogen and oxygen atoms in total. The number of carbonyl (C=O) groups is 1. The number of nitro groups is 1. The molecule has 0 saturated carbocycles. The van der Waals surface area contributed by atoms with E-state index >= 15 is 0 Å². The highest BCUT2D eigenvalue weighted by atomic mass is 16.6. The maximum atomic E-state index is 10.8. The molecule has 0 aliphatic carbocycles. The number of hydrogen-bond acceptors (Lipinski definition) is 6. The SMILES string of the molecule is COC(=O)C(C)(C[N+](=O)[O-])N=O. The third-order valence-corrected chi connectivity index (χ3v) is 1.26. The molecule has 0 spiro atoms. The van der Waals surface area contributed by atoms with Gasteiger partial charge >= 0.3 is 5.97 Å². The second-order valence-electron chi connectivity index (χ2n) is 2.35. The molecule has 0 aliphatic rings. The van der Waals surface area contributed by atoms with E-state index in [1.165, 1.54) is 0 Å². The van der Waals surface area contributed by atoms with Crippen molar-refractivity contribution in [3.63, 3.8) is 0 Å². The molecule has 0 aromatic heterocycles. The Bertz CT molecular complexity index is 216. The van der Waals surface area contributed by atoms with Crippen LogP contribution in [0.4, 0.5) is 0 Å². The van der Waals surface area contributed by atoms with Gasteiger partial charge in [-0.1, -0.05) is 0 Å². The van der Waals surface area contributed by atoms with E-state index < -0.39 is 23.0 Å². The van der Waals surface area contributed by atoms with E-state index in [9.17, 15) is 19.8 Å². The van der Waals surface area contributed by atoms with Gasteiger partial charge in [-0.15, -0.1) is 4.91 Å². The molecule has 0 N–H and O–H groups in total. The third-order valence-electron chi connectivity index (χ3n) is 1.26. The number of methoxy groups -OCH3 is 1. The summed E-state index contributed by atoms with van der Waals surface area (Å²) in [6, 6.07) is 0. The van der Waals surface area contributed by atoms with Crippen LogP contribution in [0.3, 0.4) is 0 Å². The Labute approximate surface area is 67.8 Å². The lowest BCUT2D eigenvalue weighted by molar-refractivity contribution is -0.486. The van der Waals surface area contributed by atoms with Gasteiger partial charge in [0.1, 0.15) is 0 Å². The lowest BCUT2D eigenvalue weighted by atomic mass is 10.1. The molecule has 0 aromatic rings. The highest BCUT2D eigenvalue weighted by Gasteiger charge is 2.42. The van der Waals surface area contributed by atoms with Crippen LogP contribution in [0.5, 0.6) is 0 Å². The maximum absolute atomic E-state index is 10.8. The fraction of sp³-hybridized carbons (Fsp3) is 0.800. The number of nitrogens with zero attached hydrogens (tertiary/aromatic N) is 2. The minimum Gasteiger partial charge on any atom is -0.467 e. The third kappa shape index (κ3) is 2.26. The van der Waals surface area contributed by atoms with Gasteiger partial charge in [-0.25, -0.2) is 4.79 Å². The summed E-state index contributed by atoms with van der Waals surface area (Å²) in [6.45, 7) is 0.192. The molecule has 7 heteroatoms. The van der Waals surface area contributed by atoms with Gasteiger partial charge in [0.15, 0.2) is 0 Å². The van der Waals surface area contributed by atoms with Crippen LogP contribution < -0.4 is 0 Å². The molecule has 0 radical (unpaired) electrons. The van der Waals surface area contributed by atoms with E-state index in [1.54, 1.807) is 0 Å². The van der Waals surface area contributed by atoms with Crippen molar-refractivity contribution in [2.75, 3.05) is 13.7 Å². The van der Waals surface area contributed by atoms with Crippen molar-refractivity contribution in [3.8, 4) is 0 Å². The Hall–Kier alpha value is -1.53. The summed E-state index contributed by atoms with van der Waals surface area (Å²) >= 11 is 0. The summed E-state index contributed by atoms with van der Waals surface area (Å²) in [6.07, 6.45) is 0. The molecule has 68 valence electrons. The molecule has 1 unspecified atom stereocenters. The van der Waals surface area contributed by atoms with Crippen LogP contribution in [-0.4, -0.2) is 30.1 Å². The Morgan fingerprint density at radius 3 is 2.50 bits per heavy atom. The zero-order valence-electron chi connectivity index (χ0n) is 6.64. The average molecular weight is 176 g/mol. The van der Waals surface area contributed by atoms with Crippen LogP contribution >= 0.6 is 0 Å². The van der Waals surface area contributed by atoms with Gasteiger partial charge in [0.25, 0.3) is 5.54 Å². The van der Waals surface area contributed by atoms with Gasteiger partial charge < -0.3 is 4.74 Å². The molecule has 0 heterocycles. The van der Waals surface area contributed by atoms with Gasteiger partial charge in [-0.05, 0) is 12.1 Å². The number of carbonyl (C=O) groups excluding carboxylic acids is 1. The summed E-state index contributed by atoms with van der Waals surface area (Å²) < 4.78 is 4.17. The normalized spacial score (nSPS) is 14.5. The lowest BCUT2D eigenvalue weighted by Gasteiger charge is -2.12. The van der Waals surface area contributed by atoms with Crippen molar-refractivity contribution >= 4 is 5.97 Å². The monoisotopic (exact) mass is 176 g/mol. The molecule has 0 aliphatic heterocycles. The first-order valence-electron chi connectivity index (χ1n) is 3.01. The van der Waals surface area contributed by atoms with Crippen LogP contribution in [0.1, 0.15) is 6.92 Å². The topological polar surface area (TPSA) is 98.9 Å². The fourth-order valence-electron chi connectivity index (χ4n) is 0.602. The highest BCUT2D eigenvalue weighted by Crippen LogP contribution is 2.11. The molecule has 0 amide bonds. The Kier molecular flexibility index (Phi) is 3.27. The molecule has 0 rings (SSSR count). The Balaban J connectivity index is 4.55. The molecule has 0 bridgehead atoms. The van der Waals surface area contributed by atoms with Crippen LogP contribution in [0, 0.1) is 15.0 Å². The van der Waals surface area contributed by atoms with Gasteiger partial charge in [0.2, 0.25) is 6.54 Å². The summed E-state index contributed by atoms with van der Waals surface area (Å²) in [7, 11) is 1.03. The zero-order chi connectivity index (χ0) is 9.78. The van der Waals surface area contributed by atoms with Crippen molar-refractivity contribution in [1.82, 2.24) is 0 Å². The first-order valence-corrected chi connectivity index (χ1v) is 3.01. The predicted octanol–water partition coefficient (Wildman–Crippen LogP) is -0.0388. The predicted molar refractivity (Wildman–Crippen MR) is 38.1 cm³/mol. The number of nitroso groups, excluding NO2 is 1. The van der Waals surface area contributed by atoms with E-state index in [2.05, 4.69) is 9.91 Å². The molecular weight excluding hydrogens is 168 g/mol. The van der Waals surface area contributed by atoms with E-state index in [0.29, 0.717) is 0 Å². The second kappa shape index (κ2) is 3.74. The van der Waals surface area contributed by atoms with Crippen molar-refractivity contribution in [2.24, 2.45) is 5.18 Å². The first kappa shape index (κ1) is 10.5. The standard InChI is InChI=1S/C5H8N2O5/c1-5(6-9,3-7(10)11)4(8)12-2/h3H2,1-2H3.